The number of carbonyl (C=O) groups is 3. The van der Waals surface area contributed by atoms with E-state index in [2.05, 4.69) is 25.7 Å². The predicted molar refractivity (Wildman–Crippen MR) is 100 cm³/mol. The number of anilines is 1. The number of hydrogen-bond donors (Lipinski definition) is 1. The summed E-state index contributed by atoms with van der Waals surface area (Å²) in [7, 11) is 0. The van der Waals surface area contributed by atoms with Crippen molar-refractivity contribution in [2.45, 2.75) is 19.8 Å². The Kier molecular flexibility index (Phi) is 4.71. The minimum absolute atomic E-state index is 0.149. The van der Waals surface area contributed by atoms with Gasteiger partial charge in [0.1, 0.15) is 0 Å². The molecule has 132 valence electrons. The van der Waals surface area contributed by atoms with Crippen molar-refractivity contribution in [1.29, 1.82) is 0 Å². The minimum Gasteiger partial charge on any atom is -0.322 e. The van der Waals surface area contributed by atoms with E-state index >= 15 is 0 Å². The van der Waals surface area contributed by atoms with Crippen molar-refractivity contribution in [3.05, 3.63) is 77.4 Å². The normalized spacial score (nSPS) is 13.1. The smallest absolute Gasteiger partial charge is 0.261 e. The number of imide groups is 1. The van der Waals surface area contributed by atoms with E-state index in [1.54, 1.807) is 6.07 Å². The third-order valence-electron chi connectivity index (χ3n) is 4.36. The van der Waals surface area contributed by atoms with Gasteiger partial charge in [0.15, 0.2) is 0 Å². The van der Waals surface area contributed by atoms with Crippen molar-refractivity contribution < 1.29 is 14.4 Å². The molecule has 1 aliphatic heterocycles. The molecule has 0 saturated carbocycles. The number of amides is 3. The standard InChI is InChI=1S/C21H20N2O3/c1-4-10-23-20(25)17-9-8-15(12-18(17)21(23)26)19(24)22-16-7-5-6-14(11-16)13(2)3/h4-9,11-13H,1,10H2,2-3H3,(H,22,24). The Morgan fingerprint density at radius 1 is 1.12 bits per heavy atom. The van der Waals surface area contributed by atoms with Crippen molar-refractivity contribution in [2.24, 2.45) is 0 Å². The molecule has 0 aromatic heterocycles. The molecule has 1 heterocycles. The average Bonchev–Trinajstić information content (AvgIpc) is 2.87. The second kappa shape index (κ2) is 6.96. The topological polar surface area (TPSA) is 66.5 Å². The van der Waals surface area contributed by atoms with Crippen LogP contribution in [0.15, 0.2) is 55.1 Å². The highest BCUT2D eigenvalue weighted by Crippen LogP contribution is 2.25. The zero-order valence-corrected chi connectivity index (χ0v) is 14.8. The molecule has 0 aliphatic carbocycles. The number of nitrogens with one attached hydrogen (secondary N) is 1. The third kappa shape index (κ3) is 3.16. The van der Waals surface area contributed by atoms with Crippen LogP contribution in [-0.2, 0) is 0 Å². The number of benzene rings is 2. The highest BCUT2D eigenvalue weighted by atomic mass is 16.2. The van der Waals surface area contributed by atoms with E-state index in [4.69, 9.17) is 0 Å². The summed E-state index contributed by atoms with van der Waals surface area (Å²) < 4.78 is 0. The summed E-state index contributed by atoms with van der Waals surface area (Å²) in [6.45, 7) is 7.87. The van der Waals surface area contributed by atoms with Crippen molar-refractivity contribution in [3.8, 4) is 0 Å². The SMILES string of the molecule is C=CCN1C(=O)c2ccc(C(=O)Nc3cccc(C(C)C)c3)cc2C1=O. The van der Waals surface area contributed by atoms with Gasteiger partial charge in [-0.2, -0.15) is 0 Å². The zero-order chi connectivity index (χ0) is 18.8. The van der Waals surface area contributed by atoms with E-state index < -0.39 is 5.91 Å². The molecule has 2 aromatic carbocycles. The van der Waals surface area contributed by atoms with E-state index in [-0.39, 0.29) is 23.9 Å². The summed E-state index contributed by atoms with van der Waals surface area (Å²) in [5, 5.41) is 2.84. The van der Waals surface area contributed by atoms with Crippen LogP contribution in [0.4, 0.5) is 5.69 Å². The van der Waals surface area contributed by atoms with Crippen LogP contribution in [0.5, 0.6) is 0 Å². The number of carbonyl (C=O) groups excluding carboxylic acids is 3. The van der Waals surface area contributed by atoms with Gasteiger partial charge in [0.2, 0.25) is 0 Å². The minimum atomic E-state index is -0.402. The summed E-state index contributed by atoms with van der Waals surface area (Å²) in [6, 6.07) is 12.2. The number of fused-ring (bicyclic) bond motifs is 1. The fourth-order valence-corrected chi connectivity index (χ4v) is 2.91. The van der Waals surface area contributed by atoms with Crippen LogP contribution in [0.1, 0.15) is 56.4 Å². The number of nitrogens with zero attached hydrogens (tertiary/aromatic N) is 1. The van der Waals surface area contributed by atoms with Gasteiger partial charge >= 0.3 is 0 Å². The quantitative estimate of drug-likeness (QED) is 0.659. The lowest BCUT2D eigenvalue weighted by Crippen LogP contribution is -2.29. The maximum atomic E-state index is 12.6. The van der Waals surface area contributed by atoms with Gasteiger partial charge in [-0.25, -0.2) is 0 Å². The molecular formula is C21H20N2O3. The Bertz CT molecular complexity index is 915. The van der Waals surface area contributed by atoms with Crippen LogP contribution in [0.25, 0.3) is 0 Å². The molecule has 0 saturated heterocycles. The van der Waals surface area contributed by atoms with Crippen LogP contribution >= 0.6 is 0 Å². The summed E-state index contributed by atoms with van der Waals surface area (Å²) in [6.07, 6.45) is 1.50. The lowest BCUT2D eigenvalue weighted by atomic mass is 10.0. The molecule has 1 N–H and O–H groups in total. The van der Waals surface area contributed by atoms with Gasteiger partial charge in [0, 0.05) is 17.8 Å². The molecule has 5 heteroatoms. The lowest BCUT2D eigenvalue weighted by molar-refractivity contribution is 0.0672. The summed E-state index contributed by atoms with van der Waals surface area (Å²) in [5.41, 5.74) is 2.71. The van der Waals surface area contributed by atoms with Crippen LogP contribution in [0, 0.1) is 0 Å². The molecule has 5 nitrogen and oxygen atoms in total. The van der Waals surface area contributed by atoms with E-state index in [0.29, 0.717) is 22.7 Å². The molecule has 2 aromatic rings. The second-order valence-electron chi connectivity index (χ2n) is 6.50. The fraction of sp³-hybridized carbons (Fsp3) is 0.190. The fourth-order valence-electron chi connectivity index (χ4n) is 2.91. The molecule has 0 radical (unpaired) electrons. The van der Waals surface area contributed by atoms with Gasteiger partial charge in [-0.05, 0) is 41.8 Å². The Hall–Kier alpha value is -3.21. The van der Waals surface area contributed by atoms with E-state index in [9.17, 15) is 14.4 Å². The zero-order valence-electron chi connectivity index (χ0n) is 14.8. The van der Waals surface area contributed by atoms with Gasteiger partial charge in [-0.1, -0.05) is 32.1 Å². The van der Waals surface area contributed by atoms with Crippen LogP contribution < -0.4 is 5.32 Å². The molecular weight excluding hydrogens is 328 g/mol. The summed E-state index contributed by atoms with van der Waals surface area (Å²) in [4.78, 5) is 38.3. The van der Waals surface area contributed by atoms with Gasteiger partial charge in [-0.15, -0.1) is 6.58 Å². The molecule has 0 unspecified atom stereocenters. The molecule has 0 atom stereocenters. The highest BCUT2D eigenvalue weighted by Gasteiger charge is 2.35. The highest BCUT2D eigenvalue weighted by molar-refractivity contribution is 6.22. The third-order valence-corrected chi connectivity index (χ3v) is 4.36. The van der Waals surface area contributed by atoms with Crippen molar-refractivity contribution >= 4 is 23.4 Å². The Morgan fingerprint density at radius 2 is 1.85 bits per heavy atom. The largest absolute Gasteiger partial charge is 0.322 e. The Morgan fingerprint density at radius 3 is 2.54 bits per heavy atom. The molecule has 0 spiro atoms. The first-order valence-corrected chi connectivity index (χ1v) is 8.45. The van der Waals surface area contributed by atoms with Crippen LogP contribution in [0.3, 0.4) is 0 Å². The maximum absolute atomic E-state index is 12.6. The first-order valence-electron chi connectivity index (χ1n) is 8.45. The maximum Gasteiger partial charge on any atom is 0.261 e. The molecule has 0 fully saturated rings. The first kappa shape index (κ1) is 17.6. The van der Waals surface area contributed by atoms with E-state index in [1.807, 2.05) is 24.3 Å². The van der Waals surface area contributed by atoms with Crippen molar-refractivity contribution in [3.63, 3.8) is 0 Å². The first-order chi connectivity index (χ1) is 12.4. The average molecular weight is 348 g/mol. The molecule has 3 amide bonds. The van der Waals surface area contributed by atoms with Gasteiger partial charge in [-0.3, -0.25) is 19.3 Å². The number of rotatable bonds is 5. The van der Waals surface area contributed by atoms with Gasteiger partial charge in [0.05, 0.1) is 11.1 Å². The molecule has 1 aliphatic rings. The monoisotopic (exact) mass is 348 g/mol. The second-order valence-corrected chi connectivity index (χ2v) is 6.50. The molecule has 3 rings (SSSR count). The predicted octanol–water partition coefficient (Wildman–Crippen LogP) is 3.84. The lowest BCUT2D eigenvalue weighted by Gasteiger charge is -2.10. The van der Waals surface area contributed by atoms with Gasteiger partial charge < -0.3 is 5.32 Å². The Balaban J connectivity index is 1.85. The number of hydrogen-bond acceptors (Lipinski definition) is 3. The molecule has 26 heavy (non-hydrogen) atoms. The Labute approximate surface area is 152 Å². The van der Waals surface area contributed by atoms with Crippen LogP contribution in [-0.4, -0.2) is 29.2 Å². The summed E-state index contributed by atoms with van der Waals surface area (Å²) in [5.74, 6) is -0.731. The van der Waals surface area contributed by atoms with Crippen LogP contribution in [0.2, 0.25) is 0 Å². The van der Waals surface area contributed by atoms with Crippen molar-refractivity contribution in [2.75, 3.05) is 11.9 Å². The van der Waals surface area contributed by atoms with Crippen molar-refractivity contribution in [1.82, 2.24) is 4.90 Å². The molecule has 0 bridgehead atoms. The van der Waals surface area contributed by atoms with E-state index in [1.165, 1.54) is 18.2 Å². The van der Waals surface area contributed by atoms with Gasteiger partial charge in [0.25, 0.3) is 17.7 Å². The van der Waals surface area contributed by atoms with E-state index in [0.717, 1.165) is 10.5 Å². The summed E-state index contributed by atoms with van der Waals surface area (Å²) >= 11 is 0.